The molecule has 1 aromatic heterocycles. The van der Waals surface area contributed by atoms with Gasteiger partial charge in [-0.25, -0.2) is 24.4 Å². The van der Waals surface area contributed by atoms with Gasteiger partial charge in [-0.3, -0.25) is 9.91 Å². The van der Waals surface area contributed by atoms with Gasteiger partial charge in [0.1, 0.15) is 17.5 Å². The SMILES string of the molecule is CC(C)CN(NC(=O)N(CCCCCNC(=O)OC(C)(C)C)c1ccc(F)cc1)c1ccnc(C#N)n1. The van der Waals surface area contributed by atoms with E-state index in [-0.39, 0.29) is 11.7 Å². The van der Waals surface area contributed by atoms with E-state index in [0.717, 1.165) is 6.42 Å². The predicted molar refractivity (Wildman–Crippen MR) is 139 cm³/mol. The number of urea groups is 1. The maximum absolute atomic E-state index is 13.5. The molecule has 1 heterocycles. The number of rotatable bonds is 11. The summed E-state index contributed by atoms with van der Waals surface area (Å²) in [4.78, 5) is 34.8. The van der Waals surface area contributed by atoms with Crippen molar-refractivity contribution in [3.63, 3.8) is 0 Å². The first-order chi connectivity index (χ1) is 17.5. The van der Waals surface area contributed by atoms with Gasteiger partial charge in [0.25, 0.3) is 0 Å². The van der Waals surface area contributed by atoms with Crippen LogP contribution in [0.4, 0.5) is 25.5 Å². The topological polar surface area (TPSA) is 123 Å². The molecular weight excluding hydrogens is 477 g/mol. The fourth-order valence-corrected chi connectivity index (χ4v) is 3.34. The Morgan fingerprint density at radius 2 is 1.84 bits per heavy atom. The summed E-state index contributed by atoms with van der Waals surface area (Å²) in [6.07, 6.45) is 3.10. The molecule has 0 aliphatic heterocycles. The van der Waals surface area contributed by atoms with Crippen molar-refractivity contribution in [3.05, 3.63) is 48.2 Å². The van der Waals surface area contributed by atoms with Gasteiger partial charge in [0, 0.05) is 37.6 Å². The van der Waals surface area contributed by atoms with Crippen LogP contribution in [0.1, 0.15) is 59.7 Å². The number of unbranched alkanes of at least 4 members (excludes halogenated alkanes) is 2. The number of alkyl carbamates (subject to hydrolysis) is 1. The van der Waals surface area contributed by atoms with Crippen LogP contribution in [0.15, 0.2) is 36.5 Å². The van der Waals surface area contributed by atoms with Gasteiger partial charge in [-0.05, 0) is 70.2 Å². The molecule has 2 rings (SSSR count). The van der Waals surface area contributed by atoms with Gasteiger partial charge in [0.2, 0.25) is 5.82 Å². The summed E-state index contributed by atoms with van der Waals surface area (Å²) < 4.78 is 18.8. The van der Waals surface area contributed by atoms with E-state index >= 15 is 0 Å². The van der Waals surface area contributed by atoms with E-state index < -0.39 is 23.5 Å². The molecule has 0 atom stereocenters. The molecule has 2 aromatic rings. The van der Waals surface area contributed by atoms with Crippen LogP contribution in [0.25, 0.3) is 0 Å². The number of halogens is 1. The summed E-state index contributed by atoms with van der Waals surface area (Å²) in [5, 5.41) is 13.5. The van der Waals surface area contributed by atoms with Gasteiger partial charge in [0.15, 0.2) is 5.82 Å². The molecule has 0 unspecified atom stereocenters. The van der Waals surface area contributed by atoms with Crippen molar-refractivity contribution >= 4 is 23.6 Å². The number of nitriles is 1. The van der Waals surface area contributed by atoms with Crippen LogP contribution in [0.5, 0.6) is 0 Å². The van der Waals surface area contributed by atoms with Crippen LogP contribution in [-0.4, -0.2) is 47.3 Å². The third-order valence-corrected chi connectivity index (χ3v) is 4.91. The fourth-order valence-electron chi connectivity index (χ4n) is 3.34. The molecule has 0 fully saturated rings. The number of amides is 3. The number of nitrogens with zero attached hydrogens (tertiary/aromatic N) is 5. The molecule has 0 saturated heterocycles. The highest BCUT2D eigenvalue weighted by Gasteiger charge is 2.21. The standard InChI is InChI=1S/C26H36FN7O3/c1-19(2)18-34(23-13-15-29-22(17-28)31-23)32-24(35)33(21-11-9-20(27)10-12-21)16-8-6-7-14-30-25(36)37-26(3,4)5/h9-13,15,19H,6-8,14,16,18H2,1-5H3,(H,30,36)(H,32,35). The number of anilines is 2. The largest absolute Gasteiger partial charge is 0.444 e. The van der Waals surface area contributed by atoms with Crippen LogP contribution in [0.2, 0.25) is 0 Å². The van der Waals surface area contributed by atoms with Crippen LogP contribution in [0, 0.1) is 23.1 Å². The number of aromatic nitrogens is 2. The lowest BCUT2D eigenvalue weighted by Gasteiger charge is -2.30. The second-order valence-corrected chi connectivity index (χ2v) is 9.89. The van der Waals surface area contributed by atoms with Crippen molar-refractivity contribution in [1.82, 2.24) is 20.7 Å². The minimum absolute atomic E-state index is 0.00381. The second-order valence-electron chi connectivity index (χ2n) is 9.89. The molecular formula is C26H36FN7O3. The number of hydrazine groups is 1. The Kier molecular flexibility index (Phi) is 11.1. The van der Waals surface area contributed by atoms with Crippen molar-refractivity contribution in [1.29, 1.82) is 5.26 Å². The minimum Gasteiger partial charge on any atom is -0.444 e. The van der Waals surface area contributed by atoms with Crippen LogP contribution in [-0.2, 0) is 4.74 Å². The molecule has 0 spiro atoms. The van der Waals surface area contributed by atoms with E-state index in [1.807, 2.05) is 19.9 Å². The fraction of sp³-hybridized carbons (Fsp3) is 0.500. The van der Waals surface area contributed by atoms with Crippen molar-refractivity contribution < 1.29 is 18.7 Å². The first-order valence-corrected chi connectivity index (χ1v) is 12.3. The van der Waals surface area contributed by atoms with E-state index in [4.69, 9.17) is 10.00 Å². The molecule has 200 valence electrons. The quantitative estimate of drug-likeness (QED) is 0.327. The predicted octanol–water partition coefficient (Wildman–Crippen LogP) is 4.78. The van der Waals surface area contributed by atoms with E-state index in [1.165, 1.54) is 23.2 Å². The Hall–Kier alpha value is -3.94. The molecule has 0 aliphatic carbocycles. The molecule has 0 aliphatic rings. The Bertz CT molecular complexity index is 1070. The maximum Gasteiger partial charge on any atom is 0.407 e. The highest BCUT2D eigenvalue weighted by molar-refractivity contribution is 5.92. The van der Waals surface area contributed by atoms with Gasteiger partial charge in [-0.2, -0.15) is 10.2 Å². The van der Waals surface area contributed by atoms with Crippen LogP contribution >= 0.6 is 0 Å². The van der Waals surface area contributed by atoms with Gasteiger partial charge < -0.3 is 10.1 Å². The Balaban J connectivity index is 2.05. The molecule has 0 radical (unpaired) electrons. The Labute approximate surface area is 217 Å². The highest BCUT2D eigenvalue weighted by atomic mass is 19.1. The molecule has 1 aromatic carbocycles. The summed E-state index contributed by atoms with van der Waals surface area (Å²) in [6, 6.07) is 8.79. The van der Waals surface area contributed by atoms with Gasteiger partial charge in [0.05, 0.1) is 0 Å². The summed E-state index contributed by atoms with van der Waals surface area (Å²) in [5.74, 6) is 0.165. The Morgan fingerprint density at radius 3 is 2.46 bits per heavy atom. The zero-order valence-electron chi connectivity index (χ0n) is 22.1. The zero-order valence-corrected chi connectivity index (χ0v) is 22.1. The van der Waals surface area contributed by atoms with E-state index in [2.05, 4.69) is 20.7 Å². The molecule has 11 heteroatoms. The first-order valence-electron chi connectivity index (χ1n) is 12.3. The summed E-state index contributed by atoms with van der Waals surface area (Å²) in [5.41, 5.74) is 2.85. The Morgan fingerprint density at radius 1 is 1.14 bits per heavy atom. The minimum atomic E-state index is -0.557. The normalized spacial score (nSPS) is 11.0. The van der Waals surface area contributed by atoms with Crippen molar-refractivity contribution in [2.75, 3.05) is 29.5 Å². The molecule has 0 bridgehead atoms. The molecule has 2 N–H and O–H groups in total. The number of carbonyl (C=O) groups is 2. The smallest absolute Gasteiger partial charge is 0.407 e. The highest BCUT2D eigenvalue weighted by Crippen LogP contribution is 2.18. The van der Waals surface area contributed by atoms with E-state index in [1.54, 1.807) is 44.0 Å². The third-order valence-electron chi connectivity index (χ3n) is 4.91. The molecule has 0 saturated carbocycles. The van der Waals surface area contributed by atoms with Gasteiger partial charge in [-0.1, -0.05) is 13.8 Å². The average molecular weight is 514 g/mol. The van der Waals surface area contributed by atoms with Crippen molar-refractivity contribution in [3.8, 4) is 6.07 Å². The lowest BCUT2D eigenvalue weighted by molar-refractivity contribution is 0.0527. The molecule has 37 heavy (non-hydrogen) atoms. The second kappa shape index (κ2) is 14.0. The number of hydrogen-bond donors (Lipinski definition) is 2. The molecule has 3 amide bonds. The lowest BCUT2D eigenvalue weighted by atomic mass is 10.2. The lowest BCUT2D eigenvalue weighted by Crippen LogP contribution is -2.51. The number of hydrogen-bond acceptors (Lipinski definition) is 7. The summed E-state index contributed by atoms with van der Waals surface area (Å²) in [7, 11) is 0. The van der Waals surface area contributed by atoms with Crippen molar-refractivity contribution in [2.45, 2.75) is 59.5 Å². The third kappa shape index (κ3) is 10.7. The maximum atomic E-state index is 13.5. The average Bonchev–Trinajstić information content (AvgIpc) is 2.82. The van der Waals surface area contributed by atoms with Gasteiger partial charge in [-0.15, -0.1) is 0 Å². The first kappa shape index (κ1) is 29.3. The van der Waals surface area contributed by atoms with Crippen molar-refractivity contribution in [2.24, 2.45) is 5.92 Å². The number of benzene rings is 1. The van der Waals surface area contributed by atoms with Crippen LogP contribution in [0.3, 0.4) is 0 Å². The van der Waals surface area contributed by atoms with E-state index in [9.17, 15) is 14.0 Å². The number of nitrogens with one attached hydrogen (secondary N) is 2. The molecule has 10 nitrogen and oxygen atoms in total. The van der Waals surface area contributed by atoms with Gasteiger partial charge >= 0.3 is 12.1 Å². The van der Waals surface area contributed by atoms with E-state index in [0.29, 0.717) is 44.0 Å². The van der Waals surface area contributed by atoms with Crippen LogP contribution < -0.4 is 20.7 Å². The summed E-state index contributed by atoms with van der Waals surface area (Å²) in [6.45, 7) is 10.7. The number of ether oxygens (including phenoxy) is 1. The zero-order chi connectivity index (χ0) is 27.4. The monoisotopic (exact) mass is 513 g/mol. The summed E-state index contributed by atoms with van der Waals surface area (Å²) >= 11 is 0. The number of carbonyl (C=O) groups excluding carboxylic acids is 2.